The highest BCUT2D eigenvalue weighted by Gasteiger charge is 2.47. The van der Waals surface area contributed by atoms with Gasteiger partial charge in [-0.3, -0.25) is 14.9 Å². The van der Waals surface area contributed by atoms with Gasteiger partial charge in [-0.05, 0) is 32.5 Å². The summed E-state index contributed by atoms with van der Waals surface area (Å²) >= 11 is 0. The molecule has 0 atom stereocenters. The van der Waals surface area contributed by atoms with Gasteiger partial charge in [0.15, 0.2) is 0 Å². The molecule has 14 heavy (non-hydrogen) atoms. The Morgan fingerprint density at radius 3 is 2.43 bits per heavy atom. The van der Waals surface area contributed by atoms with Crippen molar-refractivity contribution < 1.29 is 9.59 Å². The quantitative estimate of drug-likeness (QED) is 0.607. The minimum atomic E-state index is -0.358. The fourth-order valence-electron chi connectivity index (χ4n) is 2.39. The van der Waals surface area contributed by atoms with E-state index in [1.165, 1.54) is 0 Å². The number of nitrogens with one attached hydrogen (secondary N) is 1. The molecule has 2 heterocycles. The van der Waals surface area contributed by atoms with E-state index in [2.05, 4.69) is 17.1 Å². The summed E-state index contributed by atoms with van der Waals surface area (Å²) in [5, 5.41) is 2.41. The van der Waals surface area contributed by atoms with Crippen LogP contribution in [0.25, 0.3) is 0 Å². The zero-order valence-corrected chi connectivity index (χ0v) is 8.51. The third-order valence-electron chi connectivity index (χ3n) is 3.49. The number of nitrogens with zero attached hydrogens (tertiary/aromatic N) is 1. The largest absolute Gasteiger partial charge is 0.304 e. The molecule has 4 nitrogen and oxygen atoms in total. The van der Waals surface area contributed by atoms with Crippen molar-refractivity contribution in [3.63, 3.8) is 0 Å². The highest BCUT2D eigenvalue weighted by Crippen LogP contribution is 2.38. The molecule has 78 valence electrons. The molecule has 2 fully saturated rings. The van der Waals surface area contributed by atoms with Crippen molar-refractivity contribution in [3.05, 3.63) is 0 Å². The molecule has 4 heteroatoms. The first kappa shape index (κ1) is 9.65. The van der Waals surface area contributed by atoms with Crippen LogP contribution >= 0.6 is 0 Å². The van der Waals surface area contributed by atoms with Gasteiger partial charge < -0.3 is 4.90 Å². The van der Waals surface area contributed by atoms with E-state index < -0.39 is 0 Å². The van der Waals surface area contributed by atoms with Crippen molar-refractivity contribution >= 4 is 11.8 Å². The number of piperidine rings is 1. The summed E-state index contributed by atoms with van der Waals surface area (Å²) in [6.07, 6.45) is 2.07. The van der Waals surface area contributed by atoms with E-state index in [0.29, 0.717) is 6.42 Å². The van der Waals surface area contributed by atoms with Crippen molar-refractivity contribution in [1.29, 1.82) is 0 Å². The molecule has 1 spiro atoms. The second kappa shape index (κ2) is 3.35. The van der Waals surface area contributed by atoms with Gasteiger partial charge in [0, 0.05) is 6.42 Å². The highest BCUT2D eigenvalue weighted by atomic mass is 16.2. The molecule has 2 aliphatic heterocycles. The Labute approximate surface area is 83.6 Å². The van der Waals surface area contributed by atoms with E-state index in [9.17, 15) is 9.59 Å². The summed E-state index contributed by atoms with van der Waals surface area (Å²) in [4.78, 5) is 25.1. The average molecular weight is 196 g/mol. The van der Waals surface area contributed by atoms with Crippen LogP contribution in [0.5, 0.6) is 0 Å². The van der Waals surface area contributed by atoms with E-state index in [4.69, 9.17) is 0 Å². The lowest BCUT2D eigenvalue weighted by Gasteiger charge is -2.36. The van der Waals surface area contributed by atoms with Gasteiger partial charge in [0.1, 0.15) is 0 Å². The first-order valence-corrected chi connectivity index (χ1v) is 5.23. The maximum atomic E-state index is 11.6. The fraction of sp³-hybridized carbons (Fsp3) is 0.800. The number of carbonyl (C=O) groups excluding carboxylic acids is 2. The molecular weight excluding hydrogens is 180 g/mol. The van der Waals surface area contributed by atoms with Crippen LogP contribution in [0.2, 0.25) is 0 Å². The molecule has 0 bridgehead atoms. The summed E-state index contributed by atoms with van der Waals surface area (Å²) in [5.41, 5.74) is -0.358. The van der Waals surface area contributed by atoms with Crippen molar-refractivity contribution in [1.82, 2.24) is 10.2 Å². The van der Waals surface area contributed by atoms with Gasteiger partial charge in [0.25, 0.3) is 0 Å². The Morgan fingerprint density at radius 2 is 2.00 bits per heavy atom. The maximum absolute atomic E-state index is 11.6. The van der Waals surface area contributed by atoms with Crippen molar-refractivity contribution in [2.75, 3.05) is 19.6 Å². The third-order valence-corrected chi connectivity index (χ3v) is 3.49. The SMILES string of the molecule is CCN1CCC2(CC1)CC(=O)NC2=O. The second-order valence-corrected chi connectivity index (χ2v) is 4.27. The number of hydrogen-bond acceptors (Lipinski definition) is 3. The molecule has 0 saturated carbocycles. The molecule has 2 aliphatic rings. The van der Waals surface area contributed by atoms with Crippen LogP contribution in [0.15, 0.2) is 0 Å². The number of likely N-dealkylation sites (tertiary alicyclic amines) is 1. The molecule has 2 rings (SSSR count). The van der Waals surface area contributed by atoms with Gasteiger partial charge in [-0.1, -0.05) is 6.92 Å². The molecule has 0 aromatic heterocycles. The van der Waals surface area contributed by atoms with E-state index in [0.717, 1.165) is 32.5 Å². The van der Waals surface area contributed by atoms with Crippen LogP contribution < -0.4 is 5.32 Å². The van der Waals surface area contributed by atoms with Crippen molar-refractivity contribution in [3.8, 4) is 0 Å². The van der Waals surface area contributed by atoms with Gasteiger partial charge in [0.2, 0.25) is 11.8 Å². The van der Waals surface area contributed by atoms with E-state index in [1.807, 2.05) is 0 Å². The zero-order chi connectivity index (χ0) is 10.2. The van der Waals surface area contributed by atoms with Crippen LogP contribution in [0.4, 0.5) is 0 Å². The van der Waals surface area contributed by atoms with Gasteiger partial charge in [0.05, 0.1) is 5.41 Å². The summed E-state index contributed by atoms with van der Waals surface area (Å²) < 4.78 is 0. The van der Waals surface area contributed by atoms with E-state index >= 15 is 0 Å². The monoisotopic (exact) mass is 196 g/mol. The normalized spacial score (nSPS) is 26.9. The van der Waals surface area contributed by atoms with Crippen LogP contribution in [-0.4, -0.2) is 36.3 Å². The lowest BCUT2D eigenvalue weighted by molar-refractivity contribution is -0.130. The molecule has 0 unspecified atom stereocenters. The Kier molecular flexibility index (Phi) is 2.31. The number of rotatable bonds is 1. The summed E-state index contributed by atoms with van der Waals surface area (Å²) in [5.74, 6) is -0.141. The molecular formula is C10H16N2O2. The minimum Gasteiger partial charge on any atom is -0.304 e. The highest BCUT2D eigenvalue weighted by molar-refractivity contribution is 6.05. The Balaban J connectivity index is 2.05. The van der Waals surface area contributed by atoms with E-state index in [-0.39, 0.29) is 17.2 Å². The predicted molar refractivity (Wildman–Crippen MR) is 51.5 cm³/mol. The molecule has 1 N–H and O–H groups in total. The van der Waals surface area contributed by atoms with Crippen LogP contribution in [-0.2, 0) is 9.59 Å². The zero-order valence-electron chi connectivity index (χ0n) is 8.51. The maximum Gasteiger partial charge on any atom is 0.233 e. The summed E-state index contributed by atoms with van der Waals surface area (Å²) in [7, 11) is 0. The van der Waals surface area contributed by atoms with Gasteiger partial charge in [-0.15, -0.1) is 0 Å². The topological polar surface area (TPSA) is 49.4 Å². The number of imide groups is 1. The first-order chi connectivity index (χ1) is 6.66. The lowest BCUT2D eigenvalue weighted by atomic mass is 9.77. The average Bonchev–Trinajstić information content (AvgIpc) is 2.43. The van der Waals surface area contributed by atoms with Crippen LogP contribution in [0, 0.1) is 5.41 Å². The summed E-state index contributed by atoms with van der Waals surface area (Å²) in [6.45, 7) is 5.04. The second-order valence-electron chi connectivity index (χ2n) is 4.27. The Bertz CT molecular complexity index is 267. The minimum absolute atomic E-state index is 0.0433. The summed E-state index contributed by atoms with van der Waals surface area (Å²) in [6, 6.07) is 0. The molecule has 0 aliphatic carbocycles. The van der Waals surface area contributed by atoms with Gasteiger partial charge in [-0.2, -0.15) is 0 Å². The molecule has 2 amide bonds. The standard InChI is InChI=1S/C10H16N2O2/c1-2-12-5-3-10(4-6-12)7-8(13)11-9(10)14/h2-7H2,1H3,(H,11,13,14). The third kappa shape index (κ3) is 1.43. The lowest BCUT2D eigenvalue weighted by Crippen LogP contribution is -2.43. The van der Waals surface area contributed by atoms with Crippen molar-refractivity contribution in [2.24, 2.45) is 5.41 Å². The number of amides is 2. The van der Waals surface area contributed by atoms with Crippen molar-refractivity contribution in [2.45, 2.75) is 26.2 Å². The molecule has 2 saturated heterocycles. The van der Waals surface area contributed by atoms with Crippen LogP contribution in [0.3, 0.4) is 0 Å². The molecule has 0 aromatic carbocycles. The molecule has 0 radical (unpaired) electrons. The Hall–Kier alpha value is -0.900. The van der Waals surface area contributed by atoms with Gasteiger partial charge in [-0.25, -0.2) is 0 Å². The first-order valence-electron chi connectivity index (χ1n) is 5.23. The van der Waals surface area contributed by atoms with Crippen LogP contribution in [0.1, 0.15) is 26.2 Å². The predicted octanol–water partition coefficient (Wildman–Crippen LogP) is 0.135. The fourth-order valence-corrected chi connectivity index (χ4v) is 2.39. The Morgan fingerprint density at radius 1 is 1.36 bits per heavy atom. The van der Waals surface area contributed by atoms with Gasteiger partial charge >= 0.3 is 0 Å². The van der Waals surface area contributed by atoms with E-state index in [1.54, 1.807) is 0 Å². The molecule has 0 aromatic rings. The number of carbonyl (C=O) groups is 2. The smallest absolute Gasteiger partial charge is 0.233 e. The number of hydrogen-bond donors (Lipinski definition) is 1.